The predicted octanol–water partition coefficient (Wildman–Crippen LogP) is 7.31. The van der Waals surface area contributed by atoms with Crippen molar-refractivity contribution in [2.75, 3.05) is 6.61 Å². The molecule has 0 heterocycles. The van der Waals surface area contributed by atoms with E-state index in [1.807, 2.05) is 49.5 Å². The van der Waals surface area contributed by atoms with Gasteiger partial charge in [0.05, 0.1) is 18.2 Å². The average molecular weight is 424 g/mol. The minimum absolute atomic E-state index is 0.683. The fourth-order valence-electron chi connectivity index (χ4n) is 3.57. The van der Waals surface area contributed by atoms with E-state index in [9.17, 15) is 4.80 Å². The summed E-state index contributed by atoms with van der Waals surface area (Å²) in [6.07, 6.45) is 11.4. The molecular formula is C26H37NO2Si. The summed E-state index contributed by atoms with van der Waals surface area (Å²) in [5.41, 5.74) is 2.93. The minimum atomic E-state index is -1.82. The summed E-state index contributed by atoms with van der Waals surface area (Å²) in [4.78, 5) is 9.83. The number of unbranched alkanes of at least 4 members (excludes halogenated alkanes) is 8. The summed E-state index contributed by atoms with van der Waals surface area (Å²) in [7, 11) is -1.82. The highest BCUT2D eigenvalue weighted by Crippen LogP contribution is 2.23. The second-order valence-corrected chi connectivity index (χ2v) is 12.9. The maximum Gasteiger partial charge on any atom is 0.182 e. The lowest BCUT2D eigenvalue weighted by Gasteiger charge is -2.12. The van der Waals surface area contributed by atoms with Gasteiger partial charge in [0.1, 0.15) is 5.75 Å². The van der Waals surface area contributed by atoms with Crippen molar-refractivity contribution in [2.24, 2.45) is 0 Å². The first-order chi connectivity index (χ1) is 14.5. The Hall–Kier alpha value is -2.09. The van der Waals surface area contributed by atoms with Crippen LogP contribution in [0.3, 0.4) is 0 Å². The molecule has 0 amide bonds. The topological polar surface area (TPSA) is 53.2 Å². The number of ether oxygens (including phenoxy) is 1. The van der Waals surface area contributed by atoms with Crippen molar-refractivity contribution >= 4 is 8.32 Å². The molecule has 0 saturated carbocycles. The van der Waals surface area contributed by atoms with Gasteiger partial charge in [0.25, 0.3) is 0 Å². The molecule has 0 fully saturated rings. The highest BCUT2D eigenvalue weighted by molar-refractivity contribution is 6.69. The molecule has 1 N–H and O–H groups in total. The lowest BCUT2D eigenvalue weighted by atomic mass is 10.0. The first-order valence-corrected chi connectivity index (χ1v) is 14.6. The van der Waals surface area contributed by atoms with E-state index < -0.39 is 8.32 Å². The molecule has 2 aromatic rings. The monoisotopic (exact) mass is 423 g/mol. The van der Waals surface area contributed by atoms with Gasteiger partial charge in [-0.15, -0.1) is 0 Å². The van der Waals surface area contributed by atoms with Crippen molar-refractivity contribution < 1.29 is 9.53 Å². The van der Waals surface area contributed by atoms with Crippen molar-refractivity contribution in [1.82, 2.24) is 0 Å². The summed E-state index contributed by atoms with van der Waals surface area (Å²) in [6, 6.07) is 19.0. The molecule has 0 atom stereocenters. The van der Waals surface area contributed by atoms with E-state index in [2.05, 4.69) is 18.2 Å². The van der Waals surface area contributed by atoms with Gasteiger partial charge in [-0.1, -0.05) is 75.6 Å². The maximum absolute atomic E-state index is 9.83. The molecule has 0 saturated heterocycles. The Morgan fingerprint density at radius 2 is 1.20 bits per heavy atom. The van der Waals surface area contributed by atoms with Crippen LogP contribution in [-0.2, 0) is 0 Å². The summed E-state index contributed by atoms with van der Waals surface area (Å²) >= 11 is 0. The molecule has 0 aromatic heterocycles. The van der Waals surface area contributed by atoms with Crippen LogP contribution < -0.4 is 4.74 Å². The van der Waals surface area contributed by atoms with Gasteiger partial charge in [0.15, 0.2) is 8.32 Å². The molecule has 4 heteroatoms. The molecule has 0 unspecified atom stereocenters. The number of nitriles is 1. The smallest absolute Gasteiger partial charge is 0.182 e. The lowest BCUT2D eigenvalue weighted by Crippen LogP contribution is -2.23. The van der Waals surface area contributed by atoms with Gasteiger partial charge in [-0.05, 0) is 61.0 Å². The van der Waals surface area contributed by atoms with E-state index in [0.717, 1.165) is 35.9 Å². The highest BCUT2D eigenvalue weighted by atomic mass is 28.4. The molecule has 30 heavy (non-hydrogen) atoms. The van der Waals surface area contributed by atoms with Crippen LogP contribution in [0.5, 0.6) is 5.75 Å². The predicted molar refractivity (Wildman–Crippen MR) is 128 cm³/mol. The Kier molecular flexibility index (Phi) is 10.7. The third-order valence-corrected chi connectivity index (χ3v) is 6.98. The lowest BCUT2D eigenvalue weighted by molar-refractivity contribution is 0.304. The van der Waals surface area contributed by atoms with E-state index in [1.165, 1.54) is 51.4 Å². The van der Waals surface area contributed by atoms with Crippen LogP contribution in [0.1, 0.15) is 63.4 Å². The van der Waals surface area contributed by atoms with Gasteiger partial charge < -0.3 is 9.53 Å². The zero-order valence-corrected chi connectivity index (χ0v) is 19.7. The van der Waals surface area contributed by atoms with E-state index in [1.54, 1.807) is 0 Å². The third-order valence-electron chi connectivity index (χ3n) is 5.40. The molecule has 162 valence electrons. The molecule has 0 spiro atoms. The van der Waals surface area contributed by atoms with E-state index in [-0.39, 0.29) is 0 Å². The second-order valence-electron chi connectivity index (χ2n) is 8.81. The van der Waals surface area contributed by atoms with Gasteiger partial charge >= 0.3 is 0 Å². The quantitative estimate of drug-likeness (QED) is 0.256. The Bertz CT molecular complexity index is 758. The number of hydrogen-bond donors (Lipinski definition) is 1. The zero-order chi connectivity index (χ0) is 21.7. The first-order valence-electron chi connectivity index (χ1n) is 11.4. The fourth-order valence-corrected chi connectivity index (χ4v) is 4.68. The Labute approximate surface area is 183 Å². The second kappa shape index (κ2) is 13.3. The largest absolute Gasteiger partial charge is 0.494 e. The molecule has 0 radical (unpaired) electrons. The van der Waals surface area contributed by atoms with Crippen LogP contribution in [0, 0.1) is 11.3 Å². The van der Waals surface area contributed by atoms with Gasteiger partial charge in [0.2, 0.25) is 0 Å². The molecule has 0 aliphatic carbocycles. The molecule has 0 aliphatic heterocycles. The van der Waals surface area contributed by atoms with Crippen LogP contribution in [-0.4, -0.2) is 19.7 Å². The molecule has 2 aromatic carbocycles. The summed E-state index contributed by atoms with van der Waals surface area (Å²) in [5.74, 6) is 0.918. The van der Waals surface area contributed by atoms with Crippen molar-refractivity contribution in [1.29, 1.82) is 5.26 Å². The molecule has 0 bridgehead atoms. The fraction of sp³-hybridized carbons (Fsp3) is 0.500. The summed E-state index contributed by atoms with van der Waals surface area (Å²) < 4.78 is 5.87. The number of hydrogen-bond acceptors (Lipinski definition) is 3. The van der Waals surface area contributed by atoms with Gasteiger partial charge in [-0.3, -0.25) is 0 Å². The van der Waals surface area contributed by atoms with E-state index in [0.29, 0.717) is 5.56 Å². The van der Waals surface area contributed by atoms with E-state index in [4.69, 9.17) is 10.00 Å². The number of benzene rings is 2. The maximum atomic E-state index is 9.83. The van der Waals surface area contributed by atoms with Crippen LogP contribution in [0.15, 0.2) is 48.5 Å². The van der Waals surface area contributed by atoms with Crippen molar-refractivity contribution in [3.05, 3.63) is 54.1 Å². The average Bonchev–Trinajstić information content (AvgIpc) is 2.74. The third kappa shape index (κ3) is 10.1. The molecule has 2 rings (SSSR count). The highest BCUT2D eigenvalue weighted by Gasteiger charge is 2.15. The van der Waals surface area contributed by atoms with Gasteiger partial charge in [-0.25, -0.2) is 0 Å². The number of rotatable bonds is 14. The van der Waals surface area contributed by atoms with Crippen LogP contribution >= 0.6 is 0 Å². The zero-order valence-electron chi connectivity index (χ0n) is 18.7. The normalized spacial score (nSPS) is 11.3. The Balaban J connectivity index is 1.49. The minimum Gasteiger partial charge on any atom is -0.494 e. The molecule has 0 aliphatic rings. The van der Waals surface area contributed by atoms with Gasteiger partial charge in [-0.2, -0.15) is 5.26 Å². The van der Waals surface area contributed by atoms with Crippen LogP contribution in [0.2, 0.25) is 19.1 Å². The van der Waals surface area contributed by atoms with Crippen molar-refractivity contribution in [3.63, 3.8) is 0 Å². The standard InChI is InChI=1S/C26H37NO2Si/c1-30(2,28)21-11-9-7-5-3-4-6-8-10-20-29-26-18-16-25(17-19-26)24-14-12-23(22-27)13-15-24/h12-19,28H,3-11,20-21H2,1-2H3. The molecular weight excluding hydrogens is 386 g/mol. The first kappa shape index (κ1) is 24.2. The van der Waals surface area contributed by atoms with Gasteiger partial charge in [0, 0.05) is 0 Å². The number of nitrogens with zero attached hydrogens (tertiary/aromatic N) is 1. The van der Waals surface area contributed by atoms with E-state index >= 15 is 0 Å². The van der Waals surface area contributed by atoms with Crippen LogP contribution in [0.4, 0.5) is 0 Å². The Morgan fingerprint density at radius 1 is 0.733 bits per heavy atom. The SMILES string of the molecule is C[Si](C)(O)CCCCCCCCCCCOc1ccc(-c2ccc(C#N)cc2)cc1. The van der Waals surface area contributed by atoms with Crippen molar-refractivity contribution in [3.8, 4) is 22.9 Å². The molecule has 3 nitrogen and oxygen atoms in total. The summed E-state index contributed by atoms with van der Waals surface area (Å²) in [6.45, 7) is 4.84. The van der Waals surface area contributed by atoms with Crippen LogP contribution in [0.25, 0.3) is 11.1 Å². The summed E-state index contributed by atoms with van der Waals surface area (Å²) in [5, 5.41) is 8.89. The Morgan fingerprint density at radius 3 is 1.70 bits per heavy atom. The van der Waals surface area contributed by atoms with Crippen molar-refractivity contribution in [2.45, 2.75) is 76.9 Å².